The van der Waals surface area contributed by atoms with Gasteiger partial charge in [0.2, 0.25) is 0 Å². The molecule has 0 aromatic heterocycles. The Labute approximate surface area is 129 Å². The van der Waals surface area contributed by atoms with E-state index in [9.17, 15) is 0 Å². The minimum absolute atomic E-state index is 0.103. The second-order valence-electron chi connectivity index (χ2n) is 4.49. The molecule has 106 valence electrons. The lowest BCUT2D eigenvalue weighted by Crippen LogP contribution is -2.08. The van der Waals surface area contributed by atoms with Gasteiger partial charge in [-0.2, -0.15) is 0 Å². The number of nitrogens with one attached hydrogen (secondary N) is 1. The Hall–Kier alpha value is -1.38. The van der Waals surface area contributed by atoms with Crippen LogP contribution in [0.15, 0.2) is 42.5 Å². The summed E-state index contributed by atoms with van der Waals surface area (Å²) < 4.78 is 5.61. The van der Waals surface area contributed by atoms with Crippen LogP contribution >= 0.6 is 23.2 Å². The van der Waals surface area contributed by atoms with Crippen molar-refractivity contribution >= 4 is 28.9 Å². The Morgan fingerprint density at radius 3 is 2.55 bits per heavy atom. The van der Waals surface area contributed by atoms with Gasteiger partial charge in [-0.3, -0.25) is 0 Å². The van der Waals surface area contributed by atoms with Crippen molar-refractivity contribution in [3.05, 3.63) is 58.1 Å². The average molecular weight is 310 g/mol. The van der Waals surface area contributed by atoms with Crippen LogP contribution in [0.3, 0.4) is 0 Å². The molecule has 0 spiro atoms. The molecule has 20 heavy (non-hydrogen) atoms. The smallest absolute Gasteiger partial charge is 0.142 e. The van der Waals surface area contributed by atoms with E-state index in [2.05, 4.69) is 12.2 Å². The number of halogens is 2. The van der Waals surface area contributed by atoms with E-state index in [0.29, 0.717) is 11.6 Å². The van der Waals surface area contributed by atoms with E-state index in [0.717, 1.165) is 22.0 Å². The number of ether oxygens (including phenoxy) is 1. The summed E-state index contributed by atoms with van der Waals surface area (Å²) in [5, 5.41) is 4.82. The first-order chi connectivity index (χ1) is 9.60. The number of rotatable bonds is 5. The number of hydrogen-bond acceptors (Lipinski definition) is 2. The third-order valence-corrected chi connectivity index (χ3v) is 3.43. The highest BCUT2D eigenvalue weighted by molar-refractivity contribution is 6.31. The first-order valence-corrected chi connectivity index (χ1v) is 7.30. The molecule has 0 aliphatic rings. The molecule has 0 amide bonds. The van der Waals surface area contributed by atoms with Crippen molar-refractivity contribution < 1.29 is 4.74 Å². The maximum Gasteiger partial charge on any atom is 0.142 e. The second kappa shape index (κ2) is 6.87. The van der Waals surface area contributed by atoms with E-state index >= 15 is 0 Å². The largest absolute Gasteiger partial charge is 0.492 e. The topological polar surface area (TPSA) is 21.3 Å². The zero-order chi connectivity index (χ0) is 14.5. The highest BCUT2D eigenvalue weighted by atomic mass is 35.5. The van der Waals surface area contributed by atoms with Gasteiger partial charge in [-0.15, -0.1) is 0 Å². The van der Waals surface area contributed by atoms with Crippen molar-refractivity contribution in [3.8, 4) is 5.75 Å². The van der Waals surface area contributed by atoms with Gasteiger partial charge in [0.25, 0.3) is 0 Å². The number of anilines is 1. The first-order valence-electron chi connectivity index (χ1n) is 6.54. The maximum atomic E-state index is 6.06. The zero-order valence-electron chi connectivity index (χ0n) is 11.5. The predicted octanol–water partition coefficient (Wildman–Crippen LogP) is 5.57. The number of hydrogen-bond donors (Lipinski definition) is 1. The van der Waals surface area contributed by atoms with Crippen LogP contribution in [0.25, 0.3) is 0 Å². The van der Waals surface area contributed by atoms with Crippen LogP contribution in [0, 0.1) is 0 Å². The van der Waals surface area contributed by atoms with Crippen molar-refractivity contribution in [1.82, 2.24) is 0 Å². The molecule has 2 aromatic rings. The van der Waals surface area contributed by atoms with E-state index in [1.54, 1.807) is 0 Å². The summed E-state index contributed by atoms with van der Waals surface area (Å²) in [6, 6.07) is 13.5. The monoisotopic (exact) mass is 309 g/mol. The summed E-state index contributed by atoms with van der Waals surface area (Å²) in [7, 11) is 0. The molecule has 1 atom stereocenters. The molecule has 1 N–H and O–H groups in total. The summed E-state index contributed by atoms with van der Waals surface area (Å²) in [6.45, 7) is 4.64. The Balaban J connectivity index is 2.22. The minimum atomic E-state index is 0.103. The quantitative estimate of drug-likeness (QED) is 0.780. The molecule has 0 bridgehead atoms. The van der Waals surface area contributed by atoms with Crippen LogP contribution in [0.4, 0.5) is 5.69 Å². The van der Waals surface area contributed by atoms with Crippen molar-refractivity contribution in [2.24, 2.45) is 0 Å². The third-order valence-electron chi connectivity index (χ3n) is 2.96. The molecule has 2 nitrogen and oxygen atoms in total. The Morgan fingerprint density at radius 1 is 1.10 bits per heavy atom. The van der Waals surface area contributed by atoms with Gasteiger partial charge in [0.15, 0.2) is 0 Å². The van der Waals surface area contributed by atoms with E-state index in [1.165, 1.54) is 0 Å². The van der Waals surface area contributed by atoms with E-state index in [-0.39, 0.29) is 6.04 Å². The molecule has 2 aromatic carbocycles. The highest BCUT2D eigenvalue weighted by Crippen LogP contribution is 2.31. The molecule has 1 unspecified atom stereocenters. The summed E-state index contributed by atoms with van der Waals surface area (Å²) in [5.41, 5.74) is 1.99. The summed E-state index contributed by atoms with van der Waals surface area (Å²) >= 11 is 12.1. The fourth-order valence-corrected chi connectivity index (χ4v) is 2.36. The lowest BCUT2D eigenvalue weighted by molar-refractivity contribution is 0.341. The normalized spacial score (nSPS) is 12.0. The molecular formula is C16H17Cl2NO. The molecule has 4 heteroatoms. The van der Waals surface area contributed by atoms with Gasteiger partial charge in [-0.1, -0.05) is 35.3 Å². The van der Waals surface area contributed by atoms with Crippen molar-refractivity contribution in [2.75, 3.05) is 11.9 Å². The zero-order valence-corrected chi connectivity index (χ0v) is 13.0. The average Bonchev–Trinajstić information content (AvgIpc) is 2.42. The summed E-state index contributed by atoms with van der Waals surface area (Å²) in [4.78, 5) is 0. The van der Waals surface area contributed by atoms with Gasteiger partial charge in [0.1, 0.15) is 5.75 Å². The fourth-order valence-electron chi connectivity index (χ4n) is 1.99. The van der Waals surface area contributed by atoms with Crippen molar-refractivity contribution in [3.63, 3.8) is 0 Å². The molecule has 0 radical (unpaired) electrons. The van der Waals surface area contributed by atoms with Crippen LogP contribution in [0.5, 0.6) is 5.75 Å². The molecular weight excluding hydrogens is 293 g/mol. The predicted molar refractivity (Wildman–Crippen MR) is 86.1 cm³/mol. The number of benzene rings is 2. The Kier molecular flexibility index (Phi) is 5.16. The third kappa shape index (κ3) is 3.81. The molecule has 0 fully saturated rings. The Bertz CT molecular complexity index is 586. The summed E-state index contributed by atoms with van der Waals surface area (Å²) in [6.07, 6.45) is 0. The van der Waals surface area contributed by atoms with Gasteiger partial charge in [0.05, 0.1) is 12.3 Å². The van der Waals surface area contributed by atoms with Crippen LogP contribution in [-0.4, -0.2) is 6.61 Å². The molecule has 0 aliphatic heterocycles. The molecule has 0 heterocycles. The summed E-state index contributed by atoms with van der Waals surface area (Å²) in [5.74, 6) is 0.797. The first kappa shape index (κ1) is 15.0. The lowest BCUT2D eigenvalue weighted by Gasteiger charge is -2.19. The molecule has 0 aliphatic carbocycles. The standard InChI is InChI=1S/C16H17Cl2NO/c1-3-20-16-8-7-14(18)10-15(16)19-11(2)12-5-4-6-13(17)9-12/h4-11,19H,3H2,1-2H3. The van der Waals surface area contributed by atoms with Crippen LogP contribution in [-0.2, 0) is 0 Å². The van der Waals surface area contributed by atoms with Crippen molar-refractivity contribution in [1.29, 1.82) is 0 Å². The van der Waals surface area contributed by atoms with Gasteiger partial charge in [0, 0.05) is 16.1 Å². The minimum Gasteiger partial charge on any atom is -0.492 e. The van der Waals surface area contributed by atoms with E-state index < -0.39 is 0 Å². The maximum absolute atomic E-state index is 6.06. The van der Waals surface area contributed by atoms with Gasteiger partial charge in [-0.25, -0.2) is 0 Å². The highest BCUT2D eigenvalue weighted by Gasteiger charge is 2.10. The van der Waals surface area contributed by atoms with E-state index in [1.807, 2.05) is 49.4 Å². The van der Waals surface area contributed by atoms with Crippen LogP contribution in [0.2, 0.25) is 10.0 Å². The van der Waals surface area contributed by atoms with Gasteiger partial charge >= 0.3 is 0 Å². The molecule has 2 rings (SSSR count). The van der Waals surface area contributed by atoms with E-state index in [4.69, 9.17) is 27.9 Å². The molecule has 0 saturated heterocycles. The second-order valence-corrected chi connectivity index (χ2v) is 5.37. The van der Waals surface area contributed by atoms with Gasteiger partial charge in [-0.05, 0) is 49.7 Å². The Morgan fingerprint density at radius 2 is 1.85 bits per heavy atom. The lowest BCUT2D eigenvalue weighted by atomic mass is 10.1. The van der Waals surface area contributed by atoms with Gasteiger partial charge < -0.3 is 10.1 Å². The van der Waals surface area contributed by atoms with Crippen molar-refractivity contribution in [2.45, 2.75) is 19.9 Å². The fraction of sp³-hybridized carbons (Fsp3) is 0.250. The SMILES string of the molecule is CCOc1ccc(Cl)cc1NC(C)c1cccc(Cl)c1. The van der Waals surface area contributed by atoms with Crippen LogP contribution in [0.1, 0.15) is 25.5 Å². The molecule has 0 saturated carbocycles. The van der Waals surface area contributed by atoms with Crippen LogP contribution < -0.4 is 10.1 Å².